The molecule has 1 aliphatic carbocycles. The Morgan fingerprint density at radius 1 is 1.10 bits per heavy atom. The Kier molecular flexibility index (Phi) is 4.85. The van der Waals surface area contributed by atoms with E-state index in [4.69, 9.17) is 4.98 Å². The fourth-order valence-corrected chi connectivity index (χ4v) is 5.01. The van der Waals surface area contributed by atoms with Crippen LogP contribution in [-0.4, -0.2) is 41.0 Å². The van der Waals surface area contributed by atoms with Gasteiger partial charge in [-0.3, -0.25) is 0 Å². The summed E-state index contributed by atoms with van der Waals surface area (Å²) in [6.07, 6.45) is 4.73. The first kappa shape index (κ1) is 19.5. The summed E-state index contributed by atoms with van der Waals surface area (Å²) in [5, 5.41) is 6.10. The quantitative estimate of drug-likeness (QED) is 0.643. The molecule has 31 heavy (non-hydrogen) atoms. The lowest BCUT2D eigenvalue weighted by Crippen LogP contribution is -2.48. The molecule has 0 atom stereocenters. The largest absolute Gasteiger partial charge is 0.357 e. The van der Waals surface area contributed by atoms with Crippen LogP contribution in [0.5, 0.6) is 0 Å². The van der Waals surface area contributed by atoms with E-state index in [1.165, 1.54) is 16.7 Å². The summed E-state index contributed by atoms with van der Waals surface area (Å²) in [7, 11) is 1.84. The van der Waals surface area contributed by atoms with Gasteiger partial charge in [-0.1, -0.05) is 36.4 Å². The van der Waals surface area contributed by atoms with Crippen molar-refractivity contribution in [2.75, 3.05) is 30.8 Å². The number of piperidine rings is 1. The molecule has 1 aliphatic heterocycles. The summed E-state index contributed by atoms with van der Waals surface area (Å²) in [6, 6.07) is 16.5. The molecule has 0 bridgehead atoms. The molecule has 158 valence electrons. The van der Waals surface area contributed by atoms with E-state index in [1.54, 1.807) is 0 Å². The molecule has 1 aromatic heterocycles. The average Bonchev–Trinajstić information content (AvgIpc) is 2.79. The smallest absolute Gasteiger partial charge is 0.321 e. The third-order valence-electron chi connectivity index (χ3n) is 6.65. The average molecular weight is 414 g/mol. The monoisotopic (exact) mass is 413 g/mol. The molecule has 0 radical (unpaired) electrons. The van der Waals surface area contributed by atoms with Crippen LogP contribution in [0.1, 0.15) is 29.5 Å². The predicted octanol–water partition coefficient (Wildman–Crippen LogP) is 4.62. The first-order valence-electron chi connectivity index (χ1n) is 10.8. The number of fused-ring (bicyclic) bond motifs is 4. The van der Waals surface area contributed by atoms with Crippen LogP contribution in [0.15, 0.2) is 54.7 Å². The molecule has 1 saturated heterocycles. The number of aromatic nitrogens is 2. The van der Waals surface area contributed by atoms with E-state index in [9.17, 15) is 4.79 Å². The molecule has 6 nitrogen and oxygen atoms in total. The van der Waals surface area contributed by atoms with Crippen molar-refractivity contribution in [3.05, 3.63) is 71.4 Å². The Morgan fingerprint density at radius 2 is 1.90 bits per heavy atom. The van der Waals surface area contributed by atoms with Crippen LogP contribution in [0.4, 0.5) is 16.4 Å². The van der Waals surface area contributed by atoms with Gasteiger partial charge in [-0.2, -0.15) is 0 Å². The number of nitrogens with one attached hydrogen (secondary N) is 2. The SMILES string of the molecule is CNc1ncc2c(n1)-c1ccccc1C1(CCN(C(=O)Nc3cccc(C)c3)CC1)C2. The van der Waals surface area contributed by atoms with Crippen LogP contribution < -0.4 is 10.6 Å². The minimum absolute atomic E-state index is 0.0214. The number of aryl methyl sites for hydroxylation is 1. The molecule has 5 rings (SSSR count). The number of carbonyl (C=O) groups excluding carboxylic acids is 1. The van der Waals surface area contributed by atoms with Crippen molar-refractivity contribution in [1.82, 2.24) is 14.9 Å². The lowest BCUT2D eigenvalue weighted by molar-refractivity contribution is 0.166. The van der Waals surface area contributed by atoms with Gasteiger partial charge >= 0.3 is 6.03 Å². The van der Waals surface area contributed by atoms with Crippen LogP contribution in [0.3, 0.4) is 0 Å². The molecule has 2 N–H and O–H groups in total. The first-order valence-corrected chi connectivity index (χ1v) is 10.8. The van der Waals surface area contributed by atoms with Gasteiger partial charge in [0.25, 0.3) is 0 Å². The number of likely N-dealkylation sites (tertiary alicyclic amines) is 1. The van der Waals surface area contributed by atoms with Gasteiger partial charge in [0.05, 0.1) is 5.69 Å². The minimum Gasteiger partial charge on any atom is -0.357 e. The highest BCUT2D eigenvalue weighted by Gasteiger charge is 2.42. The van der Waals surface area contributed by atoms with Gasteiger partial charge in [0.15, 0.2) is 0 Å². The van der Waals surface area contributed by atoms with Crippen LogP contribution in [-0.2, 0) is 11.8 Å². The Bertz CT molecular complexity index is 1130. The molecule has 1 fully saturated rings. The number of hydrogen-bond donors (Lipinski definition) is 2. The highest BCUT2D eigenvalue weighted by molar-refractivity contribution is 5.89. The molecular weight excluding hydrogens is 386 g/mol. The topological polar surface area (TPSA) is 70.2 Å². The number of benzene rings is 2. The zero-order valence-electron chi connectivity index (χ0n) is 18.0. The standard InChI is InChI=1S/C25H27N5O/c1-17-6-5-7-19(14-17)28-24(31)30-12-10-25(11-13-30)15-18-16-27-23(26-2)29-22(18)20-8-3-4-9-21(20)25/h3-9,14,16H,10-13,15H2,1-2H3,(H,28,31)(H,26,27,29). The Morgan fingerprint density at radius 3 is 2.68 bits per heavy atom. The summed E-state index contributed by atoms with van der Waals surface area (Å²) >= 11 is 0. The van der Waals surface area contributed by atoms with E-state index in [-0.39, 0.29) is 11.4 Å². The minimum atomic E-state index is -0.0214. The van der Waals surface area contributed by atoms with Gasteiger partial charge in [0.2, 0.25) is 5.95 Å². The van der Waals surface area contributed by atoms with E-state index in [0.717, 1.165) is 49.3 Å². The van der Waals surface area contributed by atoms with Crippen molar-refractivity contribution < 1.29 is 4.79 Å². The highest BCUT2D eigenvalue weighted by atomic mass is 16.2. The Balaban J connectivity index is 1.38. The summed E-state index contributed by atoms with van der Waals surface area (Å²) in [4.78, 5) is 24.0. The van der Waals surface area contributed by atoms with Gasteiger partial charge in [-0.25, -0.2) is 14.8 Å². The van der Waals surface area contributed by atoms with Crippen molar-refractivity contribution >= 4 is 17.7 Å². The third kappa shape index (κ3) is 3.52. The van der Waals surface area contributed by atoms with Crippen molar-refractivity contribution in [2.24, 2.45) is 0 Å². The van der Waals surface area contributed by atoms with Gasteiger partial charge < -0.3 is 15.5 Å². The Hall–Kier alpha value is -3.41. The summed E-state index contributed by atoms with van der Waals surface area (Å²) < 4.78 is 0. The lowest BCUT2D eigenvalue weighted by Gasteiger charge is -2.45. The number of urea groups is 1. The second-order valence-electron chi connectivity index (χ2n) is 8.61. The fraction of sp³-hybridized carbons (Fsp3) is 0.320. The van der Waals surface area contributed by atoms with E-state index >= 15 is 0 Å². The summed E-state index contributed by atoms with van der Waals surface area (Å²) in [5.41, 5.74) is 6.77. The fourth-order valence-electron chi connectivity index (χ4n) is 5.01. The molecule has 2 aliphatic rings. The van der Waals surface area contributed by atoms with E-state index in [1.807, 2.05) is 49.3 Å². The molecule has 2 aromatic carbocycles. The van der Waals surface area contributed by atoms with Gasteiger partial charge in [-0.15, -0.1) is 0 Å². The maximum atomic E-state index is 12.9. The molecule has 0 saturated carbocycles. The Labute approximate surface area is 182 Å². The first-order chi connectivity index (χ1) is 15.1. The predicted molar refractivity (Wildman–Crippen MR) is 123 cm³/mol. The molecular formula is C25H27N5O. The second kappa shape index (κ2) is 7.69. The zero-order valence-corrected chi connectivity index (χ0v) is 18.0. The van der Waals surface area contributed by atoms with Crippen LogP contribution in [0.25, 0.3) is 11.3 Å². The molecule has 2 heterocycles. The van der Waals surface area contributed by atoms with E-state index in [2.05, 4.69) is 39.9 Å². The number of anilines is 2. The molecule has 2 amide bonds. The summed E-state index contributed by atoms with van der Waals surface area (Å²) in [6.45, 7) is 3.50. The van der Waals surface area contributed by atoms with Crippen LogP contribution in [0, 0.1) is 6.92 Å². The number of carbonyl (C=O) groups is 1. The highest BCUT2D eigenvalue weighted by Crippen LogP contribution is 2.47. The van der Waals surface area contributed by atoms with E-state index < -0.39 is 0 Å². The number of amides is 2. The zero-order chi connectivity index (χ0) is 21.4. The number of hydrogen-bond acceptors (Lipinski definition) is 4. The summed E-state index contributed by atoms with van der Waals surface area (Å²) in [5.74, 6) is 0.646. The van der Waals surface area contributed by atoms with Crippen molar-refractivity contribution in [3.63, 3.8) is 0 Å². The number of rotatable bonds is 2. The molecule has 6 heteroatoms. The van der Waals surface area contributed by atoms with Crippen LogP contribution >= 0.6 is 0 Å². The van der Waals surface area contributed by atoms with Crippen molar-refractivity contribution in [2.45, 2.75) is 31.6 Å². The second-order valence-corrected chi connectivity index (χ2v) is 8.61. The molecule has 3 aromatic rings. The van der Waals surface area contributed by atoms with Crippen LogP contribution in [0.2, 0.25) is 0 Å². The van der Waals surface area contributed by atoms with Crippen molar-refractivity contribution in [3.8, 4) is 11.3 Å². The van der Waals surface area contributed by atoms with Gasteiger partial charge in [0.1, 0.15) is 0 Å². The molecule has 0 unspecified atom stereocenters. The number of nitrogens with zero attached hydrogens (tertiary/aromatic N) is 3. The lowest BCUT2D eigenvalue weighted by atomic mass is 9.64. The van der Waals surface area contributed by atoms with Gasteiger partial charge in [-0.05, 0) is 55.0 Å². The van der Waals surface area contributed by atoms with Gasteiger partial charge in [0, 0.05) is 43.0 Å². The maximum absolute atomic E-state index is 12.9. The van der Waals surface area contributed by atoms with E-state index in [0.29, 0.717) is 5.95 Å². The van der Waals surface area contributed by atoms with Crippen molar-refractivity contribution in [1.29, 1.82) is 0 Å². The third-order valence-corrected chi connectivity index (χ3v) is 6.65. The molecule has 1 spiro atoms. The maximum Gasteiger partial charge on any atom is 0.321 e. The normalized spacial score (nSPS) is 16.4.